The van der Waals surface area contributed by atoms with Crippen molar-refractivity contribution < 1.29 is 19.2 Å². The summed E-state index contributed by atoms with van der Waals surface area (Å²) < 4.78 is 0. The molecule has 0 aromatic heterocycles. The number of nitrogens with zero attached hydrogens (tertiary/aromatic N) is 2. The molecule has 2 fully saturated rings. The number of rotatable bonds is 12. The summed E-state index contributed by atoms with van der Waals surface area (Å²) in [5.41, 5.74) is 3.78. The number of aryl methyl sites for hydroxylation is 1. The van der Waals surface area contributed by atoms with Crippen LogP contribution in [0.2, 0.25) is 0 Å². The first-order valence-corrected chi connectivity index (χ1v) is 14.8. The minimum Gasteiger partial charge on any atom is -0.356 e. The Hall–Kier alpha value is -3.16. The molecule has 3 aliphatic rings. The van der Waals surface area contributed by atoms with Gasteiger partial charge in [0.05, 0.1) is 5.92 Å². The zero-order chi connectivity index (χ0) is 27.6. The smallest absolute Gasteiger partial charge is 0.327 e. The van der Waals surface area contributed by atoms with Crippen molar-refractivity contribution in [3.05, 3.63) is 47.0 Å². The van der Waals surface area contributed by atoms with E-state index in [2.05, 4.69) is 41.0 Å². The first-order valence-electron chi connectivity index (χ1n) is 14.8. The quantitative estimate of drug-likeness (QED) is 0.390. The van der Waals surface area contributed by atoms with E-state index in [1.165, 1.54) is 34.4 Å². The molecule has 0 radical (unpaired) electrons. The molecule has 5 amide bonds. The van der Waals surface area contributed by atoms with E-state index in [4.69, 9.17) is 0 Å². The highest BCUT2D eigenvalue weighted by Crippen LogP contribution is 2.34. The Kier molecular flexibility index (Phi) is 10.6. The van der Waals surface area contributed by atoms with Gasteiger partial charge in [0, 0.05) is 32.1 Å². The van der Waals surface area contributed by atoms with Crippen LogP contribution in [-0.2, 0) is 20.8 Å². The zero-order valence-corrected chi connectivity index (χ0v) is 23.4. The molecule has 1 saturated heterocycles. The molecular weight excluding hydrogens is 492 g/mol. The van der Waals surface area contributed by atoms with Crippen molar-refractivity contribution in [1.29, 1.82) is 0 Å². The Labute approximate surface area is 232 Å². The zero-order valence-electron chi connectivity index (χ0n) is 23.4. The minimum absolute atomic E-state index is 0.0255. The average molecular weight is 537 g/mol. The predicted molar refractivity (Wildman–Crippen MR) is 151 cm³/mol. The Balaban J connectivity index is 1.25. The van der Waals surface area contributed by atoms with Crippen molar-refractivity contribution >= 4 is 23.8 Å². The van der Waals surface area contributed by atoms with Crippen LogP contribution in [0, 0.1) is 12.8 Å². The number of urea groups is 1. The lowest BCUT2D eigenvalue weighted by molar-refractivity contribution is -0.142. The van der Waals surface area contributed by atoms with Gasteiger partial charge in [0.1, 0.15) is 6.54 Å². The molecule has 4 rings (SSSR count). The van der Waals surface area contributed by atoms with E-state index >= 15 is 0 Å². The van der Waals surface area contributed by atoms with Crippen LogP contribution in [0.25, 0.3) is 0 Å². The van der Waals surface area contributed by atoms with Gasteiger partial charge in [-0.1, -0.05) is 54.3 Å². The van der Waals surface area contributed by atoms with Crippen LogP contribution in [-0.4, -0.2) is 65.8 Å². The van der Waals surface area contributed by atoms with Gasteiger partial charge in [0.2, 0.25) is 17.7 Å². The second kappa shape index (κ2) is 14.3. The standard InChI is InChI=1S/C31H44N4O4/c1-23-13-15-25(16-14-23)18-19-32-28(36)12-7-21-34-30(38)26-10-5-6-11-27(26)35(31(34)39)22-29(37)33-20-17-24-8-3-2-4-9-24/h8,13-16,26-27H,2-7,9-12,17-22H2,1H3,(H,32,36)(H,33,37). The Bertz CT molecular complexity index is 1050. The lowest BCUT2D eigenvalue weighted by Gasteiger charge is -2.46. The molecule has 2 aliphatic carbocycles. The first-order chi connectivity index (χ1) is 18.9. The summed E-state index contributed by atoms with van der Waals surface area (Å²) in [5, 5.41) is 5.92. The van der Waals surface area contributed by atoms with Crippen molar-refractivity contribution in [1.82, 2.24) is 20.4 Å². The van der Waals surface area contributed by atoms with Crippen LogP contribution in [0.15, 0.2) is 35.9 Å². The molecule has 2 unspecified atom stereocenters. The van der Waals surface area contributed by atoms with Crippen molar-refractivity contribution in [3.8, 4) is 0 Å². The molecule has 2 N–H and O–H groups in total. The maximum atomic E-state index is 13.4. The van der Waals surface area contributed by atoms with Crippen molar-refractivity contribution in [3.63, 3.8) is 0 Å². The second-order valence-electron chi connectivity index (χ2n) is 11.3. The fourth-order valence-electron chi connectivity index (χ4n) is 6.05. The van der Waals surface area contributed by atoms with E-state index in [1.54, 1.807) is 4.90 Å². The molecule has 1 aromatic carbocycles. The maximum absolute atomic E-state index is 13.4. The summed E-state index contributed by atoms with van der Waals surface area (Å²) in [4.78, 5) is 54.7. The van der Waals surface area contributed by atoms with Crippen molar-refractivity contribution in [2.24, 2.45) is 5.92 Å². The number of benzene rings is 1. The lowest BCUT2D eigenvalue weighted by Crippen LogP contribution is -2.64. The Morgan fingerprint density at radius 3 is 2.44 bits per heavy atom. The molecule has 1 saturated carbocycles. The Morgan fingerprint density at radius 1 is 0.923 bits per heavy atom. The third kappa shape index (κ3) is 8.16. The van der Waals surface area contributed by atoms with Gasteiger partial charge in [-0.3, -0.25) is 19.3 Å². The number of fused-ring (bicyclic) bond motifs is 1. The van der Waals surface area contributed by atoms with E-state index in [-0.39, 0.29) is 49.2 Å². The summed E-state index contributed by atoms with van der Waals surface area (Å²) in [5.74, 6) is -0.671. The average Bonchev–Trinajstić information content (AvgIpc) is 2.94. The van der Waals surface area contributed by atoms with Gasteiger partial charge in [-0.25, -0.2) is 4.79 Å². The maximum Gasteiger partial charge on any atom is 0.327 e. The largest absolute Gasteiger partial charge is 0.356 e. The molecule has 8 heteroatoms. The normalized spacial score (nSPS) is 21.3. The third-order valence-corrected chi connectivity index (χ3v) is 8.30. The van der Waals surface area contributed by atoms with Gasteiger partial charge >= 0.3 is 6.03 Å². The second-order valence-corrected chi connectivity index (χ2v) is 11.3. The van der Waals surface area contributed by atoms with E-state index in [1.807, 2.05) is 6.92 Å². The first kappa shape index (κ1) is 28.8. The van der Waals surface area contributed by atoms with Crippen LogP contribution in [0.1, 0.15) is 81.8 Å². The van der Waals surface area contributed by atoms with Crippen LogP contribution < -0.4 is 10.6 Å². The van der Waals surface area contributed by atoms with Gasteiger partial charge < -0.3 is 15.5 Å². The molecule has 0 bridgehead atoms. The van der Waals surface area contributed by atoms with Gasteiger partial charge in [-0.05, 0) is 70.3 Å². The van der Waals surface area contributed by atoms with Gasteiger partial charge in [-0.2, -0.15) is 0 Å². The van der Waals surface area contributed by atoms with Gasteiger partial charge in [-0.15, -0.1) is 0 Å². The third-order valence-electron chi connectivity index (χ3n) is 8.30. The number of amides is 5. The summed E-state index contributed by atoms with van der Waals surface area (Å²) in [6, 6.07) is 7.63. The number of carbonyl (C=O) groups excluding carboxylic acids is 4. The predicted octanol–water partition coefficient (Wildman–Crippen LogP) is 4.26. The number of allylic oxidation sites excluding steroid dienone is 1. The number of nitrogens with one attached hydrogen (secondary N) is 2. The Morgan fingerprint density at radius 2 is 1.67 bits per heavy atom. The van der Waals surface area contributed by atoms with Gasteiger partial charge in [0.15, 0.2) is 0 Å². The van der Waals surface area contributed by atoms with Crippen LogP contribution in [0.3, 0.4) is 0 Å². The summed E-state index contributed by atoms with van der Waals surface area (Å²) >= 11 is 0. The van der Waals surface area contributed by atoms with E-state index in [0.717, 1.165) is 51.4 Å². The molecule has 212 valence electrons. The van der Waals surface area contributed by atoms with Crippen molar-refractivity contribution in [2.75, 3.05) is 26.2 Å². The summed E-state index contributed by atoms with van der Waals surface area (Å²) in [6.45, 7) is 3.33. The summed E-state index contributed by atoms with van der Waals surface area (Å²) in [6.07, 6.45) is 12.6. The number of hydrogen-bond acceptors (Lipinski definition) is 4. The van der Waals surface area contributed by atoms with E-state index in [9.17, 15) is 19.2 Å². The summed E-state index contributed by atoms with van der Waals surface area (Å²) in [7, 11) is 0. The lowest BCUT2D eigenvalue weighted by atomic mass is 9.81. The molecule has 39 heavy (non-hydrogen) atoms. The number of imide groups is 1. The fourth-order valence-corrected chi connectivity index (χ4v) is 6.05. The number of hydrogen-bond donors (Lipinski definition) is 2. The molecule has 1 heterocycles. The molecule has 1 aliphatic heterocycles. The highest BCUT2D eigenvalue weighted by molar-refractivity contribution is 6.00. The monoisotopic (exact) mass is 536 g/mol. The minimum atomic E-state index is -0.395. The fraction of sp³-hybridized carbons (Fsp3) is 0.613. The van der Waals surface area contributed by atoms with E-state index < -0.39 is 6.03 Å². The molecule has 0 spiro atoms. The van der Waals surface area contributed by atoms with E-state index in [0.29, 0.717) is 19.5 Å². The van der Waals surface area contributed by atoms with Crippen LogP contribution in [0.4, 0.5) is 4.79 Å². The van der Waals surface area contributed by atoms with Crippen LogP contribution >= 0.6 is 0 Å². The molecule has 8 nitrogen and oxygen atoms in total. The van der Waals surface area contributed by atoms with Crippen molar-refractivity contribution in [2.45, 2.75) is 90.0 Å². The highest BCUT2D eigenvalue weighted by Gasteiger charge is 2.47. The molecular formula is C31H44N4O4. The SMILES string of the molecule is Cc1ccc(CCNC(=O)CCCN2C(=O)C3CCCCC3N(CC(=O)NCCC3=CCCCC3)C2=O)cc1. The highest BCUT2D eigenvalue weighted by atomic mass is 16.2. The molecule has 1 aromatic rings. The topological polar surface area (TPSA) is 98.8 Å². The van der Waals surface area contributed by atoms with Gasteiger partial charge in [0.25, 0.3) is 0 Å². The van der Waals surface area contributed by atoms with Crippen LogP contribution in [0.5, 0.6) is 0 Å². The molecule has 2 atom stereocenters. The number of carbonyl (C=O) groups is 4.